The summed E-state index contributed by atoms with van der Waals surface area (Å²) in [5.74, 6) is -1.73. The first-order valence-electron chi connectivity index (χ1n) is 13.3. The highest BCUT2D eigenvalue weighted by atomic mass is 16.7. The number of carbonyl (C=O) groups excluding carboxylic acids is 3. The third-order valence-corrected chi connectivity index (χ3v) is 7.81. The fraction of sp³-hybridized carbons (Fsp3) is 0.500. The van der Waals surface area contributed by atoms with Gasteiger partial charge in [-0.2, -0.15) is 0 Å². The molecular weight excluding hydrogens is 502 g/mol. The van der Waals surface area contributed by atoms with Crippen LogP contribution in [0, 0.1) is 17.8 Å². The summed E-state index contributed by atoms with van der Waals surface area (Å²) in [6.45, 7) is 5.38. The lowest BCUT2D eigenvalue weighted by atomic mass is 9.71. The van der Waals surface area contributed by atoms with E-state index in [4.69, 9.17) is 15.2 Å². The number of carbonyl (C=O) groups is 3. The first-order valence-corrected chi connectivity index (χ1v) is 13.3. The SMILES string of the molecule is CC(C)(C)c1cc(-c2ccc3c(c2)OCO3)c2c(c1O)C(=O)CC(CC(CCO)C(CO)C(=O)CC(N)=O)C2. The Morgan fingerprint density at radius 2 is 1.82 bits per heavy atom. The van der Waals surface area contributed by atoms with Gasteiger partial charge >= 0.3 is 0 Å². The van der Waals surface area contributed by atoms with E-state index in [1.165, 1.54) is 0 Å². The van der Waals surface area contributed by atoms with Crippen LogP contribution in [0.5, 0.6) is 17.2 Å². The zero-order valence-electron chi connectivity index (χ0n) is 22.7. The van der Waals surface area contributed by atoms with E-state index in [1.807, 2.05) is 45.0 Å². The van der Waals surface area contributed by atoms with Gasteiger partial charge in [0, 0.05) is 24.5 Å². The van der Waals surface area contributed by atoms with E-state index >= 15 is 0 Å². The maximum absolute atomic E-state index is 13.6. The van der Waals surface area contributed by atoms with E-state index in [0.29, 0.717) is 41.0 Å². The number of aromatic hydroxyl groups is 1. The number of rotatable bonds is 10. The number of aliphatic hydroxyl groups excluding tert-OH is 2. The minimum atomic E-state index is -0.869. The van der Waals surface area contributed by atoms with Crippen molar-refractivity contribution in [2.24, 2.45) is 23.5 Å². The van der Waals surface area contributed by atoms with Gasteiger partial charge in [-0.05, 0) is 71.4 Å². The standard InChI is InChI=1S/C30H37NO8/c1-30(2,3)22-12-19(17-4-5-25-26(11-17)39-15-38-25)20-9-16(10-24(35)28(20)29(22)37)8-18(6-7-32)21(14-33)23(34)13-27(31)36/h4-5,11-12,16,18,21,32-33,37H,6-10,13-15H2,1-3H3,(H2,31,36). The van der Waals surface area contributed by atoms with E-state index in [-0.39, 0.29) is 43.7 Å². The predicted octanol–water partition coefficient (Wildman–Crippen LogP) is 3.27. The van der Waals surface area contributed by atoms with Gasteiger partial charge in [0.05, 0.1) is 18.6 Å². The number of primary amides is 1. The highest BCUT2D eigenvalue weighted by Crippen LogP contribution is 2.47. The van der Waals surface area contributed by atoms with Crippen molar-refractivity contribution in [2.45, 2.75) is 58.3 Å². The van der Waals surface area contributed by atoms with Crippen molar-refractivity contribution >= 4 is 17.5 Å². The van der Waals surface area contributed by atoms with Crippen molar-refractivity contribution in [1.29, 1.82) is 0 Å². The monoisotopic (exact) mass is 539 g/mol. The average molecular weight is 540 g/mol. The molecule has 2 aromatic carbocycles. The summed E-state index contributed by atoms with van der Waals surface area (Å²) in [4.78, 5) is 37.6. The predicted molar refractivity (Wildman–Crippen MR) is 144 cm³/mol. The van der Waals surface area contributed by atoms with Gasteiger partial charge in [0.2, 0.25) is 12.7 Å². The Balaban J connectivity index is 1.75. The molecule has 2 aromatic rings. The van der Waals surface area contributed by atoms with E-state index in [2.05, 4.69) is 0 Å². The van der Waals surface area contributed by atoms with Gasteiger partial charge in [-0.1, -0.05) is 26.8 Å². The molecule has 1 heterocycles. The lowest BCUT2D eigenvalue weighted by molar-refractivity contribution is -0.131. The molecule has 1 aliphatic heterocycles. The minimum absolute atomic E-state index is 0.0118. The van der Waals surface area contributed by atoms with Crippen LogP contribution in [0.1, 0.15) is 67.9 Å². The van der Waals surface area contributed by atoms with Crippen LogP contribution in [0.4, 0.5) is 0 Å². The Kier molecular flexibility index (Phi) is 8.32. The Hall–Kier alpha value is -3.43. The van der Waals surface area contributed by atoms with Gasteiger partial charge in [0.25, 0.3) is 0 Å². The van der Waals surface area contributed by atoms with Gasteiger partial charge in [0.1, 0.15) is 11.5 Å². The highest BCUT2D eigenvalue weighted by molar-refractivity contribution is 6.04. The van der Waals surface area contributed by atoms with Crippen molar-refractivity contribution in [1.82, 2.24) is 0 Å². The van der Waals surface area contributed by atoms with Crippen LogP contribution in [0.2, 0.25) is 0 Å². The van der Waals surface area contributed by atoms with E-state index in [1.54, 1.807) is 0 Å². The molecule has 0 radical (unpaired) electrons. The highest BCUT2D eigenvalue weighted by Gasteiger charge is 2.37. The maximum Gasteiger partial charge on any atom is 0.231 e. The minimum Gasteiger partial charge on any atom is -0.507 e. The second kappa shape index (κ2) is 11.4. The molecule has 9 nitrogen and oxygen atoms in total. The molecule has 2 aliphatic rings. The number of fused-ring (bicyclic) bond motifs is 2. The van der Waals surface area contributed by atoms with E-state index in [9.17, 15) is 29.7 Å². The van der Waals surface area contributed by atoms with Crippen molar-refractivity contribution in [3.8, 4) is 28.4 Å². The number of nitrogens with two attached hydrogens (primary N) is 1. The van der Waals surface area contributed by atoms with Gasteiger partial charge < -0.3 is 30.5 Å². The normalized spacial score (nSPS) is 18.0. The number of phenolic OH excluding ortho intramolecular Hbond substituents is 1. The molecule has 0 aromatic heterocycles. The summed E-state index contributed by atoms with van der Waals surface area (Å²) >= 11 is 0. The molecule has 39 heavy (non-hydrogen) atoms. The van der Waals surface area contributed by atoms with Crippen LogP contribution in [0.3, 0.4) is 0 Å². The Bertz CT molecular complexity index is 1280. The van der Waals surface area contributed by atoms with Crippen LogP contribution < -0.4 is 15.2 Å². The third kappa shape index (κ3) is 5.94. The zero-order valence-corrected chi connectivity index (χ0v) is 22.7. The Morgan fingerprint density at radius 1 is 1.10 bits per heavy atom. The number of benzene rings is 2. The molecule has 0 spiro atoms. The van der Waals surface area contributed by atoms with Crippen LogP contribution >= 0.6 is 0 Å². The maximum atomic E-state index is 13.6. The quantitative estimate of drug-likeness (QED) is 0.335. The number of ketones is 2. The number of hydrogen-bond acceptors (Lipinski definition) is 8. The number of Topliss-reactive ketones (excluding diaryl/α,β-unsaturated/α-hetero) is 2. The van der Waals surface area contributed by atoms with Crippen LogP contribution in [-0.4, -0.2) is 52.8 Å². The van der Waals surface area contributed by atoms with Gasteiger partial charge in [0.15, 0.2) is 17.3 Å². The molecule has 0 saturated carbocycles. The smallest absolute Gasteiger partial charge is 0.231 e. The molecule has 4 rings (SSSR count). The fourth-order valence-corrected chi connectivity index (χ4v) is 5.90. The van der Waals surface area contributed by atoms with E-state index in [0.717, 1.165) is 11.1 Å². The van der Waals surface area contributed by atoms with Crippen molar-refractivity contribution in [3.05, 3.63) is 41.0 Å². The summed E-state index contributed by atoms with van der Waals surface area (Å²) in [6, 6.07) is 7.52. The number of phenols is 1. The lowest BCUT2D eigenvalue weighted by Gasteiger charge is -2.33. The molecular formula is C30H37NO8. The van der Waals surface area contributed by atoms with Crippen LogP contribution in [0.15, 0.2) is 24.3 Å². The van der Waals surface area contributed by atoms with Gasteiger partial charge in [-0.25, -0.2) is 0 Å². The molecule has 3 unspecified atom stereocenters. The summed E-state index contributed by atoms with van der Waals surface area (Å²) in [7, 11) is 0. The van der Waals surface area contributed by atoms with Crippen molar-refractivity contribution < 1.29 is 39.2 Å². The molecule has 0 bridgehead atoms. The van der Waals surface area contributed by atoms with Crippen LogP contribution in [0.25, 0.3) is 11.1 Å². The molecule has 0 saturated heterocycles. The molecule has 3 atom stereocenters. The number of hydrogen-bond donors (Lipinski definition) is 4. The Morgan fingerprint density at radius 3 is 2.46 bits per heavy atom. The molecule has 1 aliphatic carbocycles. The lowest BCUT2D eigenvalue weighted by Crippen LogP contribution is -2.34. The average Bonchev–Trinajstić information content (AvgIpc) is 3.31. The molecule has 1 amide bonds. The topological polar surface area (TPSA) is 156 Å². The first kappa shape index (κ1) is 28.6. The number of ether oxygens (including phenoxy) is 2. The summed E-state index contributed by atoms with van der Waals surface area (Å²) in [6.07, 6.45) is 0.726. The summed E-state index contributed by atoms with van der Waals surface area (Å²) in [5.41, 5.74) is 8.10. The second-order valence-electron chi connectivity index (χ2n) is 11.6. The van der Waals surface area contributed by atoms with Gasteiger partial charge in [-0.15, -0.1) is 0 Å². The summed E-state index contributed by atoms with van der Waals surface area (Å²) in [5, 5.41) is 31.0. The number of amides is 1. The third-order valence-electron chi connectivity index (χ3n) is 7.81. The molecule has 9 heteroatoms. The fourth-order valence-electron chi connectivity index (χ4n) is 5.90. The molecule has 210 valence electrons. The van der Waals surface area contributed by atoms with E-state index < -0.39 is 42.0 Å². The first-order chi connectivity index (χ1) is 18.4. The van der Waals surface area contributed by atoms with Crippen molar-refractivity contribution in [2.75, 3.05) is 20.0 Å². The summed E-state index contributed by atoms with van der Waals surface area (Å²) < 4.78 is 11.0. The van der Waals surface area contributed by atoms with Crippen LogP contribution in [-0.2, 0) is 21.4 Å². The van der Waals surface area contributed by atoms with Gasteiger partial charge in [-0.3, -0.25) is 14.4 Å². The van der Waals surface area contributed by atoms with Crippen molar-refractivity contribution in [3.63, 3.8) is 0 Å². The Labute approximate surface area is 227 Å². The molecule has 5 N–H and O–H groups in total. The largest absolute Gasteiger partial charge is 0.507 e. The second-order valence-corrected chi connectivity index (χ2v) is 11.6. The molecule has 0 fully saturated rings. The zero-order chi connectivity index (χ0) is 28.5. The number of aliphatic hydroxyl groups is 2.